The molecule has 0 fully saturated rings. The number of rotatable bonds is 3. The maximum atomic E-state index is 12.5. The van der Waals surface area contributed by atoms with Gasteiger partial charge in [0.1, 0.15) is 0 Å². The third-order valence-electron chi connectivity index (χ3n) is 3.77. The van der Waals surface area contributed by atoms with E-state index in [0.29, 0.717) is 5.13 Å². The standard InChI is InChI=1S/C18H14N4O2S/c1-11-6-5-9-14-15(11)19-18(25-14)20-17(24)16-13(23)10-22(21-16)12-7-3-2-4-8-12/h2-10,23H,1H3,(H,19,20,24). The Kier molecular flexibility index (Phi) is 3.70. The van der Waals surface area contributed by atoms with Gasteiger partial charge in [0.2, 0.25) is 0 Å². The number of amides is 1. The monoisotopic (exact) mass is 350 g/mol. The van der Waals surface area contributed by atoms with Gasteiger partial charge in [-0.15, -0.1) is 0 Å². The van der Waals surface area contributed by atoms with Gasteiger partial charge in [0, 0.05) is 0 Å². The summed E-state index contributed by atoms with van der Waals surface area (Å²) in [5, 5.41) is 17.4. The Morgan fingerprint density at radius 1 is 1.16 bits per heavy atom. The molecule has 1 amide bonds. The van der Waals surface area contributed by atoms with Gasteiger partial charge in [-0.05, 0) is 30.7 Å². The Hall–Kier alpha value is -3.19. The molecule has 6 nitrogen and oxygen atoms in total. The summed E-state index contributed by atoms with van der Waals surface area (Å²) in [6.07, 6.45) is 1.41. The summed E-state index contributed by atoms with van der Waals surface area (Å²) in [7, 11) is 0. The first-order valence-corrected chi connectivity index (χ1v) is 8.45. The number of para-hydroxylation sites is 2. The lowest BCUT2D eigenvalue weighted by Crippen LogP contribution is -2.13. The number of nitrogens with zero attached hydrogens (tertiary/aromatic N) is 3. The minimum absolute atomic E-state index is 0.0418. The second-order valence-electron chi connectivity index (χ2n) is 5.54. The molecule has 25 heavy (non-hydrogen) atoms. The lowest BCUT2D eigenvalue weighted by atomic mass is 10.2. The molecular formula is C18H14N4O2S. The molecule has 2 aromatic carbocycles. The van der Waals surface area contributed by atoms with Gasteiger partial charge in [-0.25, -0.2) is 9.67 Å². The number of carbonyl (C=O) groups excluding carboxylic acids is 1. The van der Waals surface area contributed by atoms with Crippen LogP contribution in [0.5, 0.6) is 5.75 Å². The molecule has 0 aliphatic heterocycles. The van der Waals surface area contributed by atoms with Gasteiger partial charge in [0.15, 0.2) is 16.6 Å². The molecule has 0 aliphatic rings. The van der Waals surface area contributed by atoms with Gasteiger partial charge >= 0.3 is 0 Å². The number of hydrogen-bond acceptors (Lipinski definition) is 5. The van der Waals surface area contributed by atoms with Crippen molar-refractivity contribution in [2.24, 2.45) is 0 Å². The molecular weight excluding hydrogens is 336 g/mol. The van der Waals surface area contributed by atoms with Crippen LogP contribution in [0.25, 0.3) is 15.9 Å². The van der Waals surface area contributed by atoms with Crippen molar-refractivity contribution in [2.75, 3.05) is 5.32 Å². The second-order valence-corrected chi connectivity index (χ2v) is 6.57. The highest BCUT2D eigenvalue weighted by Crippen LogP contribution is 2.28. The number of aromatic hydroxyl groups is 1. The van der Waals surface area contributed by atoms with E-state index in [2.05, 4.69) is 15.4 Å². The van der Waals surface area contributed by atoms with Crippen LogP contribution in [0.3, 0.4) is 0 Å². The molecule has 0 aliphatic carbocycles. The number of nitrogens with one attached hydrogen (secondary N) is 1. The highest BCUT2D eigenvalue weighted by atomic mass is 32.1. The molecule has 2 heterocycles. The van der Waals surface area contributed by atoms with E-state index in [1.54, 1.807) is 0 Å². The number of aromatic nitrogens is 3. The van der Waals surface area contributed by atoms with E-state index in [-0.39, 0.29) is 11.4 Å². The van der Waals surface area contributed by atoms with Crippen LogP contribution < -0.4 is 5.32 Å². The van der Waals surface area contributed by atoms with Crippen molar-refractivity contribution in [1.29, 1.82) is 0 Å². The predicted octanol–water partition coefficient (Wildman–Crippen LogP) is 3.75. The third kappa shape index (κ3) is 2.85. The van der Waals surface area contributed by atoms with Crippen LogP contribution in [0.4, 0.5) is 5.13 Å². The summed E-state index contributed by atoms with van der Waals surface area (Å²) in [6, 6.07) is 15.2. The van der Waals surface area contributed by atoms with Crippen LogP contribution in [0, 0.1) is 6.92 Å². The summed E-state index contributed by atoms with van der Waals surface area (Å²) >= 11 is 1.38. The normalized spacial score (nSPS) is 10.9. The summed E-state index contributed by atoms with van der Waals surface area (Å²) in [6.45, 7) is 1.97. The maximum absolute atomic E-state index is 12.5. The zero-order valence-electron chi connectivity index (χ0n) is 13.3. The average molecular weight is 350 g/mol. The summed E-state index contributed by atoms with van der Waals surface area (Å²) in [5.74, 6) is -0.678. The zero-order chi connectivity index (χ0) is 17.4. The lowest BCUT2D eigenvalue weighted by Gasteiger charge is -2.00. The summed E-state index contributed by atoms with van der Waals surface area (Å²) in [5.41, 5.74) is 2.62. The Morgan fingerprint density at radius 2 is 1.96 bits per heavy atom. The molecule has 0 atom stereocenters. The molecule has 124 valence electrons. The highest BCUT2D eigenvalue weighted by Gasteiger charge is 2.19. The van der Waals surface area contributed by atoms with Crippen LogP contribution in [-0.2, 0) is 0 Å². The van der Waals surface area contributed by atoms with E-state index in [1.807, 2.05) is 55.5 Å². The highest BCUT2D eigenvalue weighted by molar-refractivity contribution is 7.22. The molecule has 0 saturated heterocycles. The van der Waals surface area contributed by atoms with Crippen molar-refractivity contribution in [3.8, 4) is 11.4 Å². The van der Waals surface area contributed by atoms with Crippen molar-refractivity contribution < 1.29 is 9.90 Å². The Labute approximate surface area is 147 Å². The molecule has 0 bridgehead atoms. The molecule has 4 rings (SSSR count). The fourth-order valence-electron chi connectivity index (χ4n) is 2.54. The zero-order valence-corrected chi connectivity index (χ0v) is 14.1. The molecule has 7 heteroatoms. The largest absolute Gasteiger partial charge is 0.504 e. The van der Waals surface area contributed by atoms with Crippen LogP contribution in [0.15, 0.2) is 54.7 Å². The van der Waals surface area contributed by atoms with Gasteiger partial charge in [0.05, 0.1) is 22.1 Å². The van der Waals surface area contributed by atoms with Crippen LogP contribution in [-0.4, -0.2) is 25.8 Å². The van der Waals surface area contributed by atoms with Gasteiger partial charge in [-0.2, -0.15) is 5.10 Å². The van der Waals surface area contributed by atoms with E-state index < -0.39 is 5.91 Å². The topological polar surface area (TPSA) is 80.0 Å². The van der Waals surface area contributed by atoms with Crippen molar-refractivity contribution in [3.63, 3.8) is 0 Å². The number of aryl methyl sites for hydroxylation is 1. The minimum Gasteiger partial charge on any atom is -0.504 e. The summed E-state index contributed by atoms with van der Waals surface area (Å²) < 4.78 is 2.46. The average Bonchev–Trinajstić information content (AvgIpc) is 3.20. The first kappa shape index (κ1) is 15.3. The Balaban J connectivity index is 1.62. The van der Waals surface area contributed by atoms with Crippen molar-refractivity contribution in [1.82, 2.24) is 14.8 Å². The molecule has 0 spiro atoms. The Bertz CT molecular complexity index is 1070. The van der Waals surface area contributed by atoms with E-state index in [9.17, 15) is 9.90 Å². The second kappa shape index (κ2) is 6.03. The molecule has 2 aromatic heterocycles. The van der Waals surface area contributed by atoms with E-state index in [1.165, 1.54) is 22.2 Å². The molecule has 2 N–H and O–H groups in total. The van der Waals surface area contributed by atoms with Gasteiger partial charge in [-0.3, -0.25) is 10.1 Å². The molecule has 0 unspecified atom stereocenters. The van der Waals surface area contributed by atoms with Gasteiger partial charge < -0.3 is 5.11 Å². The number of benzene rings is 2. The first-order chi connectivity index (χ1) is 12.1. The number of carbonyl (C=O) groups is 1. The SMILES string of the molecule is Cc1cccc2sc(NC(=O)c3nn(-c4ccccc4)cc3O)nc12. The van der Waals surface area contributed by atoms with E-state index >= 15 is 0 Å². The Morgan fingerprint density at radius 3 is 2.72 bits per heavy atom. The number of anilines is 1. The van der Waals surface area contributed by atoms with E-state index in [0.717, 1.165) is 21.5 Å². The number of thiazole rings is 1. The lowest BCUT2D eigenvalue weighted by molar-refractivity contribution is 0.101. The fourth-order valence-corrected chi connectivity index (χ4v) is 3.47. The molecule has 0 saturated carbocycles. The first-order valence-electron chi connectivity index (χ1n) is 7.63. The predicted molar refractivity (Wildman–Crippen MR) is 97.5 cm³/mol. The van der Waals surface area contributed by atoms with Crippen LogP contribution >= 0.6 is 11.3 Å². The quantitative estimate of drug-likeness (QED) is 0.590. The number of fused-ring (bicyclic) bond motifs is 1. The van der Waals surface area contributed by atoms with Crippen LogP contribution in [0.2, 0.25) is 0 Å². The summed E-state index contributed by atoms with van der Waals surface area (Å²) in [4.78, 5) is 16.9. The minimum atomic E-state index is -0.496. The molecule has 0 radical (unpaired) electrons. The number of hydrogen-bond donors (Lipinski definition) is 2. The van der Waals surface area contributed by atoms with Crippen molar-refractivity contribution in [2.45, 2.75) is 6.92 Å². The van der Waals surface area contributed by atoms with Crippen molar-refractivity contribution >= 4 is 32.6 Å². The fraction of sp³-hybridized carbons (Fsp3) is 0.0556. The maximum Gasteiger partial charge on any atom is 0.281 e. The smallest absolute Gasteiger partial charge is 0.281 e. The van der Waals surface area contributed by atoms with Gasteiger partial charge in [0.25, 0.3) is 5.91 Å². The molecule has 4 aromatic rings. The van der Waals surface area contributed by atoms with Crippen LogP contribution in [0.1, 0.15) is 16.1 Å². The third-order valence-corrected chi connectivity index (χ3v) is 4.71. The van der Waals surface area contributed by atoms with E-state index in [4.69, 9.17) is 0 Å². The van der Waals surface area contributed by atoms with Gasteiger partial charge in [-0.1, -0.05) is 41.7 Å². The van der Waals surface area contributed by atoms with Crippen molar-refractivity contribution in [3.05, 3.63) is 66.0 Å².